The van der Waals surface area contributed by atoms with Crippen molar-refractivity contribution in [2.45, 2.75) is 6.42 Å². The van der Waals surface area contributed by atoms with Crippen LogP contribution in [0.5, 0.6) is 0 Å². The summed E-state index contributed by atoms with van der Waals surface area (Å²) in [6.07, 6.45) is 2.89. The molecule has 0 aromatic carbocycles. The van der Waals surface area contributed by atoms with Crippen LogP contribution in [-0.4, -0.2) is 28.0 Å². The van der Waals surface area contributed by atoms with E-state index in [-0.39, 0.29) is 0 Å². The van der Waals surface area contributed by atoms with E-state index in [1.54, 1.807) is 6.33 Å². The molecule has 0 aliphatic carbocycles. The van der Waals surface area contributed by atoms with Crippen LogP contribution in [0.2, 0.25) is 0 Å². The van der Waals surface area contributed by atoms with Gasteiger partial charge in [-0.1, -0.05) is 0 Å². The molecule has 1 atom stereocenters. The average Bonchev–Trinajstić information content (AvgIpc) is 2.67. The van der Waals surface area contributed by atoms with Crippen molar-refractivity contribution in [2.75, 3.05) is 23.4 Å². The van der Waals surface area contributed by atoms with Crippen LogP contribution in [0, 0.1) is 5.92 Å². The number of nitrogens with zero attached hydrogens (tertiary/aromatic N) is 2. The van der Waals surface area contributed by atoms with Crippen molar-refractivity contribution in [3.05, 3.63) is 17.0 Å². The zero-order chi connectivity index (χ0) is 9.80. The minimum Gasteiger partial charge on any atom is -0.370 e. The van der Waals surface area contributed by atoms with Crippen molar-refractivity contribution in [3.63, 3.8) is 0 Å². The standard InChI is InChI=1S/C9H12BrN3S/c10-8-3-9(13-6-12-8)11-4-7-1-2-14-5-7/h3,6-7H,1-2,4-5H2,(H,11,12,13). The van der Waals surface area contributed by atoms with E-state index in [9.17, 15) is 0 Å². The predicted molar refractivity (Wildman–Crippen MR) is 63.7 cm³/mol. The first kappa shape index (κ1) is 10.2. The van der Waals surface area contributed by atoms with Gasteiger partial charge in [-0.15, -0.1) is 0 Å². The highest BCUT2D eigenvalue weighted by Crippen LogP contribution is 2.23. The van der Waals surface area contributed by atoms with Crippen molar-refractivity contribution in [3.8, 4) is 0 Å². The van der Waals surface area contributed by atoms with Gasteiger partial charge >= 0.3 is 0 Å². The molecule has 1 unspecified atom stereocenters. The molecule has 0 amide bonds. The highest BCUT2D eigenvalue weighted by Gasteiger charge is 2.14. The zero-order valence-corrected chi connectivity index (χ0v) is 10.1. The quantitative estimate of drug-likeness (QED) is 0.859. The van der Waals surface area contributed by atoms with Crippen LogP contribution in [0.3, 0.4) is 0 Å². The van der Waals surface area contributed by atoms with Gasteiger partial charge in [0.15, 0.2) is 0 Å². The molecule has 1 N–H and O–H groups in total. The van der Waals surface area contributed by atoms with Gasteiger partial charge in [0.05, 0.1) is 0 Å². The second-order valence-corrected chi connectivity index (χ2v) is 5.30. The number of nitrogens with one attached hydrogen (secondary N) is 1. The molecular weight excluding hydrogens is 262 g/mol. The van der Waals surface area contributed by atoms with E-state index in [0.717, 1.165) is 22.9 Å². The first-order chi connectivity index (χ1) is 6.84. The van der Waals surface area contributed by atoms with E-state index >= 15 is 0 Å². The Morgan fingerprint density at radius 2 is 2.50 bits per heavy atom. The summed E-state index contributed by atoms with van der Waals surface area (Å²) in [5, 5.41) is 3.33. The van der Waals surface area contributed by atoms with Crippen LogP contribution >= 0.6 is 27.7 Å². The Morgan fingerprint density at radius 3 is 3.21 bits per heavy atom. The van der Waals surface area contributed by atoms with Crippen LogP contribution < -0.4 is 5.32 Å². The largest absolute Gasteiger partial charge is 0.370 e. The SMILES string of the molecule is Brc1cc(NCC2CCSC2)ncn1. The molecule has 14 heavy (non-hydrogen) atoms. The van der Waals surface area contributed by atoms with Gasteiger partial charge in [0, 0.05) is 12.6 Å². The Labute approximate surface area is 96.2 Å². The number of halogens is 1. The summed E-state index contributed by atoms with van der Waals surface area (Å²) >= 11 is 5.36. The Balaban J connectivity index is 1.85. The molecule has 1 aromatic heterocycles. The molecular formula is C9H12BrN3S. The van der Waals surface area contributed by atoms with Crippen LogP contribution in [0.1, 0.15) is 6.42 Å². The fourth-order valence-corrected chi connectivity index (χ4v) is 3.02. The molecule has 1 aromatic rings. The number of aromatic nitrogens is 2. The third-order valence-corrected chi connectivity index (χ3v) is 3.89. The molecule has 2 heterocycles. The number of hydrogen-bond acceptors (Lipinski definition) is 4. The summed E-state index contributed by atoms with van der Waals surface area (Å²) in [5.41, 5.74) is 0. The van der Waals surface area contributed by atoms with Crippen molar-refractivity contribution >= 4 is 33.5 Å². The van der Waals surface area contributed by atoms with Gasteiger partial charge in [-0.25, -0.2) is 9.97 Å². The lowest BCUT2D eigenvalue weighted by molar-refractivity contribution is 0.630. The number of rotatable bonds is 3. The molecule has 3 nitrogen and oxygen atoms in total. The van der Waals surface area contributed by atoms with E-state index in [1.807, 2.05) is 17.8 Å². The van der Waals surface area contributed by atoms with E-state index < -0.39 is 0 Å². The third kappa shape index (κ3) is 2.85. The Morgan fingerprint density at radius 1 is 1.57 bits per heavy atom. The van der Waals surface area contributed by atoms with Crippen molar-refractivity contribution in [2.24, 2.45) is 5.92 Å². The lowest BCUT2D eigenvalue weighted by Gasteiger charge is -2.09. The molecule has 76 valence electrons. The zero-order valence-electron chi connectivity index (χ0n) is 7.74. The van der Waals surface area contributed by atoms with Gasteiger partial charge in [0.2, 0.25) is 0 Å². The smallest absolute Gasteiger partial charge is 0.130 e. The summed E-state index contributed by atoms with van der Waals surface area (Å²) in [6, 6.07) is 1.90. The molecule has 0 bridgehead atoms. The Hall–Kier alpha value is -0.290. The monoisotopic (exact) mass is 273 g/mol. The predicted octanol–water partition coefficient (Wildman–Crippen LogP) is 2.40. The Kier molecular flexibility index (Phi) is 3.64. The van der Waals surface area contributed by atoms with Gasteiger partial charge < -0.3 is 5.32 Å². The molecule has 1 saturated heterocycles. The van der Waals surface area contributed by atoms with E-state index in [1.165, 1.54) is 17.9 Å². The fraction of sp³-hybridized carbons (Fsp3) is 0.556. The molecule has 0 radical (unpaired) electrons. The molecule has 1 aliphatic rings. The van der Waals surface area contributed by atoms with Gasteiger partial charge in [-0.05, 0) is 39.8 Å². The summed E-state index contributed by atoms with van der Waals surface area (Å²) in [5.74, 6) is 4.29. The first-order valence-corrected chi connectivity index (χ1v) is 6.58. The summed E-state index contributed by atoms with van der Waals surface area (Å²) in [7, 11) is 0. The lowest BCUT2D eigenvalue weighted by Crippen LogP contribution is -2.14. The molecule has 0 spiro atoms. The maximum Gasteiger partial charge on any atom is 0.130 e. The topological polar surface area (TPSA) is 37.8 Å². The van der Waals surface area contributed by atoms with Gasteiger partial charge in [0.25, 0.3) is 0 Å². The maximum absolute atomic E-state index is 4.14. The molecule has 1 fully saturated rings. The van der Waals surface area contributed by atoms with E-state index in [0.29, 0.717) is 0 Å². The molecule has 1 aliphatic heterocycles. The van der Waals surface area contributed by atoms with Crippen molar-refractivity contribution < 1.29 is 0 Å². The third-order valence-electron chi connectivity index (χ3n) is 2.23. The normalized spacial score (nSPS) is 21.1. The minimum absolute atomic E-state index is 0.800. The lowest BCUT2D eigenvalue weighted by atomic mass is 10.1. The first-order valence-electron chi connectivity index (χ1n) is 4.64. The van der Waals surface area contributed by atoms with Gasteiger partial charge in [-0.2, -0.15) is 11.8 Å². The number of anilines is 1. The van der Waals surface area contributed by atoms with Crippen molar-refractivity contribution in [1.82, 2.24) is 9.97 Å². The van der Waals surface area contributed by atoms with Gasteiger partial charge in [-0.3, -0.25) is 0 Å². The highest BCUT2D eigenvalue weighted by molar-refractivity contribution is 9.10. The number of hydrogen-bond donors (Lipinski definition) is 1. The molecule has 2 rings (SSSR count). The van der Waals surface area contributed by atoms with E-state index in [2.05, 4.69) is 31.2 Å². The second kappa shape index (κ2) is 4.98. The minimum atomic E-state index is 0.800. The van der Waals surface area contributed by atoms with Crippen molar-refractivity contribution in [1.29, 1.82) is 0 Å². The summed E-state index contributed by atoms with van der Waals surface area (Å²) < 4.78 is 0.829. The second-order valence-electron chi connectivity index (χ2n) is 3.34. The summed E-state index contributed by atoms with van der Waals surface area (Å²) in [6.45, 7) is 1.02. The van der Waals surface area contributed by atoms with Gasteiger partial charge in [0.1, 0.15) is 16.7 Å². The van der Waals surface area contributed by atoms with Crippen LogP contribution in [0.4, 0.5) is 5.82 Å². The van der Waals surface area contributed by atoms with E-state index in [4.69, 9.17) is 0 Å². The molecule has 5 heteroatoms. The Bertz CT molecular complexity index is 302. The fourth-order valence-electron chi connectivity index (χ4n) is 1.42. The van der Waals surface area contributed by atoms with Crippen LogP contribution in [-0.2, 0) is 0 Å². The highest BCUT2D eigenvalue weighted by atomic mass is 79.9. The average molecular weight is 274 g/mol. The number of thioether (sulfide) groups is 1. The van der Waals surface area contributed by atoms with Crippen LogP contribution in [0.25, 0.3) is 0 Å². The summed E-state index contributed by atoms with van der Waals surface area (Å²) in [4.78, 5) is 8.12. The molecule has 0 saturated carbocycles. The van der Waals surface area contributed by atoms with Crippen LogP contribution in [0.15, 0.2) is 17.0 Å². The maximum atomic E-state index is 4.14.